The van der Waals surface area contributed by atoms with Gasteiger partial charge in [0.15, 0.2) is 11.6 Å². The lowest BCUT2D eigenvalue weighted by molar-refractivity contribution is 0.0979. The molecule has 8 heteroatoms. The molecular weight excluding hydrogens is 454 g/mol. The number of furan rings is 1. The van der Waals surface area contributed by atoms with Crippen LogP contribution in [0.2, 0.25) is 0 Å². The highest BCUT2D eigenvalue weighted by atomic mass is 16.4. The zero-order valence-electron chi connectivity index (χ0n) is 21.3. The Kier molecular flexibility index (Phi) is 5.70. The molecule has 0 aliphatic heterocycles. The summed E-state index contributed by atoms with van der Waals surface area (Å²) >= 11 is 0. The fourth-order valence-corrected chi connectivity index (χ4v) is 4.99. The number of carbonyl (C=O) groups is 1. The maximum Gasteiger partial charge on any atom is 0.362 e. The lowest BCUT2D eigenvalue weighted by Gasteiger charge is -2.42. The predicted octanol–water partition coefficient (Wildman–Crippen LogP) is 4.86. The van der Waals surface area contributed by atoms with Crippen LogP contribution in [0.15, 0.2) is 58.0 Å². The Labute approximate surface area is 209 Å². The van der Waals surface area contributed by atoms with E-state index in [4.69, 9.17) is 4.42 Å². The van der Waals surface area contributed by atoms with Crippen LogP contribution >= 0.6 is 0 Å². The fraction of sp³-hybridized carbons (Fsp3) is 0.357. The van der Waals surface area contributed by atoms with E-state index in [9.17, 15) is 9.59 Å². The van der Waals surface area contributed by atoms with Gasteiger partial charge in [0, 0.05) is 24.4 Å². The lowest BCUT2D eigenvalue weighted by atomic mass is 9.62. The standard InChI is InChI=1S/C28H31N5O3/c1-17-14-21-22(28(4,5)11-10-27(21,2)3)16-19(17)15-20-6-7-23(36-20)25(34)32-33-24(30-31-26(33)35)18-8-12-29-13-9-18/h6-9,12-14,16H,10-11,15H2,1-5H3,(H,31,35)(H,32,34). The SMILES string of the molecule is Cc1cc2c(cc1Cc1ccc(C(=O)Nn3c(-c4ccncc4)n[nH]c3=O)o1)C(C)(C)CCC2(C)C. The normalized spacial score (nSPS) is 15.9. The molecule has 3 aromatic heterocycles. The third kappa shape index (κ3) is 4.27. The van der Waals surface area contributed by atoms with Gasteiger partial charge in [-0.05, 0) is 77.1 Å². The zero-order chi connectivity index (χ0) is 25.7. The van der Waals surface area contributed by atoms with Crippen molar-refractivity contribution < 1.29 is 9.21 Å². The van der Waals surface area contributed by atoms with E-state index in [0.29, 0.717) is 17.7 Å². The van der Waals surface area contributed by atoms with Crippen molar-refractivity contribution in [1.82, 2.24) is 19.9 Å². The van der Waals surface area contributed by atoms with Crippen LogP contribution in [-0.2, 0) is 17.3 Å². The smallest absolute Gasteiger partial charge is 0.362 e. The monoisotopic (exact) mass is 485 g/mol. The van der Waals surface area contributed by atoms with E-state index < -0.39 is 11.6 Å². The second kappa shape index (κ2) is 8.62. The van der Waals surface area contributed by atoms with Crippen LogP contribution in [0.5, 0.6) is 0 Å². The van der Waals surface area contributed by atoms with E-state index >= 15 is 0 Å². The maximum atomic E-state index is 12.9. The molecule has 1 aliphatic rings. The first-order chi connectivity index (χ1) is 17.0. The van der Waals surface area contributed by atoms with Crippen molar-refractivity contribution in [3.8, 4) is 11.4 Å². The fourth-order valence-electron chi connectivity index (χ4n) is 4.99. The number of amides is 1. The Morgan fingerprint density at radius 1 is 1.06 bits per heavy atom. The highest BCUT2D eigenvalue weighted by molar-refractivity contribution is 5.97. The first-order valence-electron chi connectivity index (χ1n) is 12.2. The van der Waals surface area contributed by atoms with Gasteiger partial charge in [0.1, 0.15) is 5.76 Å². The Balaban J connectivity index is 1.38. The van der Waals surface area contributed by atoms with Gasteiger partial charge in [-0.25, -0.2) is 9.89 Å². The Bertz CT molecular complexity index is 1490. The maximum absolute atomic E-state index is 12.9. The molecule has 36 heavy (non-hydrogen) atoms. The van der Waals surface area contributed by atoms with Gasteiger partial charge in [0.25, 0.3) is 0 Å². The summed E-state index contributed by atoms with van der Waals surface area (Å²) in [5.74, 6) is 0.545. The number of H-pyrrole nitrogens is 1. The summed E-state index contributed by atoms with van der Waals surface area (Å²) in [6.45, 7) is 11.4. The number of nitrogens with zero attached hydrogens (tertiary/aromatic N) is 3. The zero-order valence-corrected chi connectivity index (χ0v) is 21.3. The van der Waals surface area contributed by atoms with Gasteiger partial charge in [-0.1, -0.05) is 39.8 Å². The Morgan fingerprint density at radius 2 is 1.72 bits per heavy atom. The minimum atomic E-state index is -0.558. The van der Waals surface area contributed by atoms with Gasteiger partial charge >= 0.3 is 11.6 Å². The second-order valence-corrected chi connectivity index (χ2v) is 10.9. The highest BCUT2D eigenvalue weighted by Crippen LogP contribution is 2.46. The van der Waals surface area contributed by atoms with Crippen LogP contribution in [-0.4, -0.2) is 25.8 Å². The van der Waals surface area contributed by atoms with Crippen molar-refractivity contribution in [2.45, 2.75) is 64.7 Å². The number of pyridine rings is 1. The van der Waals surface area contributed by atoms with Gasteiger partial charge in [-0.3, -0.25) is 15.2 Å². The van der Waals surface area contributed by atoms with Crippen LogP contribution in [0.25, 0.3) is 11.4 Å². The van der Waals surface area contributed by atoms with Crippen LogP contribution < -0.4 is 11.1 Å². The van der Waals surface area contributed by atoms with E-state index in [0.717, 1.165) is 11.1 Å². The minimum absolute atomic E-state index is 0.117. The van der Waals surface area contributed by atoms with E-state index in [-0.39, 0.29) is 22.4 Å². The van der Waals surface area contributed by atoms with Crippen molar-refractivity contribution in [3.05, 3.63) is 93.1 Å². The summed E-state index contributed by atoms with van der Waals surface area (Å²) in [5, 5.41) is 6.38. The summed E-state index contributed by atoms with van der Waals surface area (Å²) in [7, 11) is 0. The Hall–Kier alpha value is -3.94. The molecule has 8 nitrogen and oxygen atoms in total. The number of aryl methyl sites for hydroxylation is 1. The number of nitrogens with one attached hydrogen (secondary N) is 2. The van der Waals surface area contributed by atoms with Crippen LogP contribution in [0.3, 0.4) is 0 Å². The molecule has 0 unspecified atom stereocenters. The number of aromatic nitrogens is 4. The first kappa shape index (κ1) is 23.8. The molecular formula is C28H31N5O3. The van der Waals surface area contributed by atoms with Crippen LogP contribution in [0.4, 0.5) is 0 Å². The molecule has 1 aromatic carbocycles. The van der Waals surface area contributed by atoms with Crippen molar-refractivity contribution in [3.63, 3.8) is 0 Å². The topological polar surface area (TPSA) is 106 Å². The van der Waals surface area contributed by atoms with E-state index in [1.807, 2.05) is 6.07 Å². The largest absolute Gasteiger partial charge is 0.456 e. The van der Waals surface area contributed by atoms with Crippen molar-refractivity contribution in [1.29, 1.82) is 0 Å². The molecule has 1 aliphatic carbocycles. The van der Waals surface area contributed by atoms with Gasteiger partial charge in [0.05, 0.1) is 0 Å². The lowest BCUT2D eigenvalue weighted by Crippen LogP contribution is -2.34. The molecule has 0 saturated heterocycles. The molecule has 2 N–H and O–H groups in total. The van der Waals surface area contributed by atoms with Crippen LogP contribution in [0.1, 0.15) is 79.1 Å². The molecule has 0 bridgehead atoms. The summed E-state index contributed by atoms with van der Waals surface area (Å²) in [6, 6.07) is 11.5. The molecule has 0 atom stereocenters. The van der Waals surface area contributed by atoms with Crippen molar-refractivity contribution >= 4 is 5.91 Å². The third-order valence-corrected chi connectivity index (χ3v) is 7.38. The average Bonchev–Trinajstić information content (AvgIpc) is 3.45. The van der Waals surface area contributed by atoms with Crippen molar-refractivity contribution in [2.75, 3.05) is 5.43 Å². The quantitative estimate of drug-likeness (QED) is 0.420. The number of carbonyl (C=O) groups excluding carboxylic acids is 1. The number of rotatable bonds is 5. The summed E-state index contributed by atoms with van der Waals surface area (Å²) in [5.41, 5.74) is 8.16. The predicted molar refractivity (Wildman–Crippen MR) is 138 cm³/mol. The second-order valence-electron chi connectivity index (χ2n) is 10.9. The van der Waals surface area contributed by atoms with Gasteiger partial charge in [-0.2, -0.15) is 9.77 Å². The number of hydrogen-bond donors (Lipinski definition) is 2. The minimum Gasteiger partial charge on any atom is -0.456 e. The summed E-state index contributed by atoms with van der Waals surface area (Å²) < 4.78 is 6.97. The van der Waals surface area contributed by atoms with E-state index in [1.54, 1.807) is 30.6 Å². The Morgan fingerprint density at radius 3 is 2.42 bits per heavy atom. The molecule has 186 valence electrons. The average molecular weight is 486 g/mol. The van der Waals surface area contributed by atoms with Crippen molar-refractivity contribution in [2.24, 2.45) is 0 Å². The molecule has 0 spiro atoms. The molecule has 5 rings (SSSR count). The molecule has 0 fully saturated rings. The van der Waals surface area contributed by atoms with Gasteiger partial charge in [-0.15, -0.1) is 0 Å². The van der Waals surface area contributed by atoms with Crippen LogP contribution in [0, 0.1) is 6.92 Å². The number of benzene rings is 1. The highest BCUT2D eigenvalue weighted by Gasteiger charge is 2.37. The number of fused-ring (bicyclic) bond motifs is 1. The molecule has 0 saturated carbocycles. The number of aromatic amines is 1. The number of hydrogen-bond acceptors (Lipinski definition) is 5. The van der Waals surface area contributed by atoms with Gasteiger partial charge in [0.2, 0.25) is 0 Å². The summed E-state index contributed by atoms with van der Waals surface area (Å²) in [4.78, 5) is 29.1. The molecule has 3 heterocycles. The molecule has 1 amide bonds. The molecule has 4 aromatic rings. The van der Waals surface area contributed by atoms with Gasteiger partial charge < -0.3 is 4.42 Å². The van der Waals surface area contributed by atoms with E-state index in [1.165, 1.54) is 28.7 Å². The first-order valence-corrected chi connectivity index (χ1v) is 12.2. The van der Waals surface area contributed by atoms with E-state index in [2.05, 4.69) is 67.4 Å². The molecule has 0 radical (unpaired) electrons. The third-order valence-electron chi connectivity index (χ3n) is 7.38. The summed E-state index contributed by atoms with van der Waals surface area (Å²) in [6.07, 6.45) is 6.08.